The van der Waals surface area contributed by atoms with Crippen LogP contribution >= 0.6 is 24.0 Å². The van der Waals surface area contributed by atoms with E-state index in [0.29, 0.717) is 36.8 Å². The average Bonchev–Trinajstić information content (AvgIpc) is 2.80. The van der Waals surface area contributed by atoms with Gasteiger partial charge in [-0.15, -0.1) is 30.6 Å². The molecule has 0 radical (unpaired) electrons. The van der Waals surface area contributed by atoms with Crippen LogP contribution in [0.25, 0.3) is 0 Å². The summed E-state index contributed by atoms with van der Waals surface area (Å²) in [5, 5.41) is 9.27. The molecule has 0 unspecified atom stereocenters. The number of aliphatic imine (C=N–C) groups is 1. The minimum atomic E-state index is -0.0852. The van der Waals surface area contributed by atoms with E-state index in [1.54, 1.807) is 34.4 Å². The second-order valence-electron chi connectivity index (χ2n) is 6.87. The van der Waals surface area contributed by atoms with Crippen LogP contribution in [0.2, 0.25) is 0 Å². The quantitative estimate of drug-likeness (QED) is 0.182. The largest absolute Gasteiger partial charge is 0.493 e. The zero-order valence-electron chi connectivity index (χ0n) is 19.2. The normalized spacial score (nSPS) is 10.6. The maximum absolute atomic E-state index is 11.8. The molecular weight excluding hydrogens is 519 g/mol. The summed E-state index contributed by atoms with van der Waals surface area (Å²) in [5.41, 5.74) is 3.81. The standard InChI is InChI=1S/C24H32N4O3.HI/c1-6-8-19-14-18(15-21(30-4)22(19)31-5)16-28-24(26-3)27-12-11-17-9-7-10-20(13-17)23(29)25-2;/h6-7,9-10,13-15H,1,8,11-12,16H2,2-5H3,(H,25,29)(H2,26,27,28);1H. The number of guanidine groups is 1. The first-order valence-corrected chi connectivity index (χ1v) is 10.2. The van der Waals surface area contributed by atoms with Crippen molar-refractivity contribution in [1.29, 1.82) is 0 Å². The Morgan fingerprint density at radius 3 is 2.53 bits per heavy atom. The van der Waals surface area contributed by atoms with Crippen LogP contribution in [-0.2, 0) is 19.4 Å². The molecule has 0 aliphatic carbocycles. The van der Waals surface area contributed by atoms with E-state index in [2.05, 4.69) is 33.6 Å². The molecule has 0 aliphatic heterocycles. The first-order valence-electron chi connectivity index (χ1n) is 10.2. The lowest BCUT2D eigenvalue weighted by atomic mass is 10.1. The van der Waals surface area contributed by atoms with E-state index < -0.39 is 0 Å². The molecule has 8 heteroatoms. The maximum atomic E-state index is 11.8. The Hall–Kier alpha value is -2.75. The number of benzene rings is 2. The number of nitrogens with one attached hydrogen (secondary N) is 3. The Labute approximate surface area is 207 Å². The Morgan fingerprint density at radius 1 is 1.12 bits per heavy atom. The van der Waals surface area contributed by atoms with Crippen molar-refractivity contribution in [2.75, 3.05) is 34.9 Å². The van der Waals surface area contributed by atoms with E-state index in [1.807, 2.05) is 30.3 Å². The van der Waals surface area contributed by atoms with Crippen LogP contribution < -0.4 is 25.4 Å². The van der Waals surface area contributed by atoms with Crippen molar-refractivity contribution in [3.05, 3.63) is 71.3 Å². The van der Waals surface area contributed by atoms with Gasteiger partial charge < -0.3 is 25.4 Å². The van der Waals surface area contributed by atoms with Crippen molar-refractivity contribution < 1.29 is 14.3 Å². The zero-order chi connectivity index (χ0) is 22.6. The lowest BCUT2D eigenvalue weighted by Gasteiger charge is -2.16. The van der Waals surface area contributed by atoms with Crippen molar-refractivity contribution in [1.82, 2.24) is 16.0 Å². The molecule has 174 valence electrons. The van der Waals surface area contributed by atoms with Crippen LogP contribution in [0, 0.1) is 0 Å². The van der Waals surface area contributed by atoms with Gasteiger partial charge in [0, 0.05) is 38.3 Å². The number of allylic oxidation sites excluding steroid dienone is 1. The number of hydrogen-bond acceptors (Lipinski definition) is 4. The number of ether oxygens (including phenoxy) is 2. The van der Waals surface area contributed by atoms with Crippen molar-refractivity contribution >= 4 is 35.8 Å². The third-order valence-electron chi connectivity index (χ3n) is 4.79. The van der Waals surface area contributed by atoms with Gasteiger partial charge in [0.05, 0.1) is 14.2 Å². The Kier molecular flexibility index (Phi) is 12.2. The molecule has 0 heterocycles. The number of carbonyl (C=O) groups excluding carboxylic acids is 1. The van der Waals surface area contributed by atoms with E-state index in [0.717, 1.165) is 28.9 Å². The van der Waals surface area contributed by atoms with Crippen LogP contribution in [0.3, 0.4) is 0 Å². The molecular formula is C24H33IN4O3. The van der Waals surface area contributed by atoms with Gasteiger partial charge in [-0.05, 0) is 48.2 Å². The molecule has 1 amide bonds. The monoisotopic (exact) mass is 552 g/mol. The summed E-state index contributed by atoms with van der Waals surface area (Å²) in [6.07, 6.45) is 3.30. The summed E-state index contributed by atoms with van der Waals surface area (Å²) < 4.78 is 11.0. The van der Waals surface area contributed by atoms with Gasteiger partial charge in [0.15, 0.2) is 17.5 Å². The van der Waals surface area contributed by atoms with Gasteiger partial charge in [-0.25, -0.2) is 0 Å². The third-order valence-corrected chi connectivity index (χ3v) is 4.79. The molecule has 0 spiro atoms. The lowest BCUT2D eigenvalue weighted by molar-refractivity contribution is 0.0963. The SMILES string of the molecule is C=CCc1cc(CNC(=NC)NCCc2cccc(C(=O)NC)c2)cc(OC)c1OC.I. The number of carbonyl (C=O) groups is 1. The highest BCUT2D eigenvalue weighted by atomic mass is 127. The number of nitrogens with zero attached hydrogens (tertiary/aromatic N) is 1. The minimum Gasteiger partial charge on any atom is -0.493 e. The fourth-order valence-corrected chi connectivity index (χ4v) is 3.26. The molecule has 0 aromatic heterocycles. The summed E-state index contributed by atoms with van der Waals surface area (Å²) in [6.45, 7) is 5.08. The summed E-state index contributed by atoms with van der Waals surface area (Å²) in [7, 11) is 6.63. The molecule has 0 fully saturated rings. The minimum absolute atomic E-state index is 0. The first-order chi connectivity index (χ1) is 15.1. The highest BCUT2D eigenvalue weighted by Crippen LogP contribution is 2.33. The molecule has 0 saturated heterocycles. The molecule has 0 aliphatic rings. The number of amides is 1. The molecule has 2 aromatic carbocycles. The number of halogens is 1. The van der Waals surface area contributed by atoms with Crippen molar-refractivity contribution in [3.8, 4) is 11.5 Å². The predicted molar refractivity (Wildman–Crippen MR) is 141 cm³/mol. The van der Waals surface area contributed by atoms with Crippen molar-refractivity contribution in [3.63, 3.8) is 0 Å². The molecule has 32 heavy (non-hydrogen) atoms. The molecule has 0 bridgehead atoms. The van der Waals surface area contributed by atoms with Gasteiger partial charge in [0.25, 0.3) is 5.91 Å². The highest BCUT2D eigenvalue weighted by molar-refractivity contribution is 14.0. The van der Waals surface area contributed by atoms with Crippen LogP contribution in [0.4, 0.5) is 0 Å². The number of rotatable bonds is 10. The van der Waals surface area contributed by atoms with Crippen molar-refractivity contribution in [2.45, 2.75) is 19.4 Å². The number of methoxy groups -OCH3 is 2. The molecule has 3 N–H and O–H groups in total. The van der Waals surface area contributed by atoms with E-state index in [1.165, 1.54) is 0 Å². The molecule has 2 rings (SSSR count). The molecule has 2 aromatic rings. The fourth-order valence-electron chi connectivity index (χ4n) is 3.26. The van der Waals surface area contributed by atoms with E-state index in [-0.39, 0.29) is 29.9 Å². The highest BCUT2D eigenvalue weighted by Gasteiger charge is 2.12. The smallest absolute Gasteiger partial charge is 0.251 e. The van der Waals surface area contributed by atoms with E-state index in [9.17, 15) is 4.79 Å². The molecule has 7 nitrogen and oxygen atoms in total. The fraction of sp³-hybridized carbons (Fsp3) is 0.333. The zero-order valence-corrected chi connectivity index (χ0v) is 21.5. The predicted octanol–water partition coefficient (Wildman–Crippen LogP) is 3.32. The number of hydrogen-bond donors (Lipinski definition) is 3. The lowest BCUT2D eigenvalue weighted by Crippen LogP contribution is -2.37. The van der Waals surface area contributed by atoms with Gasteiger partial charge in [-0.2, -0.15) is 0 Å². The van der Waals surface area contributed by atoms with Crippen LogP contribution in [0.5, 0.6) is 11.5 Å². The van der Waals surface area contributed by atoms with Gasteiger partial charge in [-0.3, -0.25) is 9.79 Å². The van der Waals surface area contributed by atoms with Crippen LogP contribution in [-0.4, -0.2) is 46.7 Å². The van der Waals surface area contributed by atoms with Crippen LogP contribution in [0.15, 0.2) is 54.0 Å². The Balaban J connectivity index is 0.00000512. The topological polar surface area (TPSA) is 84.0 Å². The average molecular weight is 552 g/mol. The van der Waals surface area contributed by atoms with Crippen LogP contribution in [0.1, 0.15) is 27.0 Å². The van der Waals surface area contributed by atoms with E-state index >= 15 is 0 Å². The van der Waals surface area contributed by atoms with Gasteiger partial charge >= 0.3 is 0 Å². The maximum Gasteiger partial charge on any atom is 0.251 e. The molecule has 0 saturated carbocycles. The summed E-state index contributed by atoms with van der Waals surface area (Å²) in [4.78, 5) is 16.1. The second-order valence-corrected chi connectivity index (χ2v) is 6.87. The summed E-state index contributed by atoms with van der Waals surface area (Å²) in [6, 6.07) is 11.6. The summed E-state index contributed by atoms with van der Waals surface area (Å²) >= 11 is 0. The van der Waals surface area contributed by atoms with Crippen molar-refractivity contribution in [2.24, 2.45) is 4.99 Å². The Bertz CT molecular complexity index is 931. The third kappa shape index (κ3) is 7.74. The van der Waals surface area contributed by atoms with Gasteiger partial charge in [0.1, 0.15) is 0 Å². The first kappa shape index (κ1) is 27.3. The van der Waals surface area contributed by atoms with E-state index in [4.69, 9.17) is 9.47 Å². The van der Waals surface area contributed by atoms with Gasteiger partial charge in [0.2, 0.25) is 0 Å². The molecule has 0 atom stereocenters. The van der Waals surface area contributed by atoms with Gasteiger partial charge in [-0.1, -0.05) is 18.2 Å². The summed E-state index contributed by atoms with van der Waals surface area (Å²) in [5.74, 6) is 2.03. The Morgan fingerprint density at radius 2 is 1.91 bits per heavy atom. The second kappa shape index (κ2) is 14.3.